The van der Waals surface area contributed by atoms with Crippen LogP contribution in [0.5, 0.6) is 23.0 Å². The monoisotopic (exact) mass is 495 g/mol. The van der Waals surface area contributed by atoms with Crippen molar-refractivity contribution in [2.24, 2.45) is 0 Å². The fraction of sp³-hybridized carbons (Fsp3) is 0.261. The van der Waals surface area contributed by atoms with Crippen molar-refractivity contribution in [3.05, 3.63) is 52.2 Å². The molecule has 0 spiro atoms. The highest BCUT2D eigenvalue weighted by atomic mass is 16.6. The molecular weight excluding hydrogens is 474 g/mol. The Kier molecular flexibility index (Phi) is 6.26. The van der Waals surface area contributed by atoms with Crippen LogP contribution in [0, 0.1) is 10.1 Å². The van der Waals surface area contributed by atoms with Crippen LogP contribution in [0.15, 0.2) is 36.4 Å². The molecule has 2 N–H and O–H groups in total. The van der Waals surface area contributed by atoms with E-state index in [1.807, 2.05) is 0 Å². The van der Waals surface area contributed by atoms with E-state index in [0.29, 0.717) is 60.8 Å². The summed E-state index contributed by atoms with van der Waals surface area (Å²) in [5, 5.41) is 17.8. The Morgan fingerprint density at radius 1 is 0.917 bits per heavy atom. The average Bonchev–Trinajstić information content (AvgIpc) is 2.88. The Labute approximate surface area is 204 Å². The molecule has 0 saturated heterocycles. The van der Waals surface area contributed by atoms with E-state index in [9.17, 15) is 14.9 Å². The van der Waals surface area contributed by atoms with Crippen molar-refractivity contribution in [1.82, 2.24) is 9.97 Å². The highest BCUT2D eigenvalue weighted by molar-refractivity contribution is 5.95. The molecule has 13 nitrogen and oxygen atoms in total. The molecule has 3 heterocycles. The van der Waals surface area contributed by atoms with Crippen LogP contribution < -0.4 is 29.6 Å². The summed E-state index contributed by atoms with van der Waals surface area (Å²) in [6, 6.07) is 10.0. The van der Waals surface area contributed by atoms with Crippen LogP contribution in [0.25, 0.3) is 0 Å². The molecule has 0 bridgehead atoms. The topological polar surface area (TPSA) is 156 Å². The number of esters is 1. The van der Waals surface area contributed by atoms with E-state index in [2.05, 4.69) is 20.6 Å². The van der Waals surface area contributed by atoms with Gasteiger partial charge in [-0.1, -0.05) is 0 Å². The van der Waals surface area contributed by atoms with Crippen molar-refractivity contribution in [2.45, 2.75) is 6.92 Å². The number of carbonyl (C=O) groups is 1. The number of hydrogen-bond donors (Lipinski definition) is 2. The van der Waals surface area contributed by atoms with Gasteiger partial charge in [0.1, 0.15) is 26.4 Å². The maximum absolute atomic E-state index is 12.6. The molecule has 3 aromatic rings. The molecule has 0 fully saturated rings. The van der Waals surface area contributed by atoms with E-state index in [-0.39, 0.29) is 18.4 Å². The summed E-state index contributed by atoms with van der Waals surface area (Å²) in [6.45, 7) is 3.25. The first-order chi connectivity index (χ1) is 17.5. The van der Waals surface area contributed by atoms with Gasteiger partial charge in [0.25, 0.3) is 0 Å². The summed E-state index contributed by atoms with van der Waals surface area (Å²) in [5.41, 5.74) is -0.178. The first-order valence-corrected chi connectivity index (χ1v) is 11.1. The SMILES string of the molecule is CCOC(=O)c1nc(Nc2ccc3c(c2)OCCO3)nc(Nc2ccc3c(c2)OCCO3)c1[N+](=O)[O-]. The van der Waals surface area contributed by atoms with Crippen LogP contribution in [0.2, 0.25) is 0 Å². The predicted octanol–water partition coefficient (Wildman–Crippen LogP) is 3.59. The number of benzene rings is 2. The van der Waals surface area contributed by atoms with Crippen LogP contribution in [0.3, 0.4) is 0 Å². The van der Waals surface area contributed by atoms with Gasteiger partial charge in [-0.15, -0.1) is 0 Å². The first kappa shape index (κ1) is 23.0. The number of anilines is 4. The highest BCUT2D eigenvalue weighted by Crippen LogP contribution is 2.37. The van der Waals surface area contributed by atoms with Crippen molar-refractivity contribution < 1.29 is 33.4 Å². The quantitative estimate of drug-likeness (QED) is 0.279. The minimum absolute atomic E-state index is 0.00976. The summed E-state index contributed by atoms with van der Waals surface area (Å²) in [7, 11) is 0. The fourth-order valence-electron chi connectivity index (χ4n) is 3.62. The average molecular weight is 495 g/mol. The standard InChI is InChI=1S/C23H21N5O8/c1-2-32-22(29)19-20(28(30)31)21(24-13-3-5-15-17(11-13)35-9-7-33-15)27-23(26-19)25-14-4-6-16-18(12-14)36-10-8-34-16/h3-6,11-12H,2,7-10H2,1H3,(H2,24,25,26,27). The predicted molar refractivity (Wildman–Crippen MR) is 126 cm³/mol. The molecule has 5 rings (SSSR count). The molecule has 0 atom stereocenters. The molecular formula is C23H21N5O8. The van der Waals surface area contributed by atoms with Gasteiger partial charge in [-0.25, -0.2) is 4.79 Å². The second-order valence-electron chi connectivity index (χ2n) is 7.54. The third-order valence-electron chi connectivity index (χ3n) is 5.14. The van der Waals surface area contributed by atoms with E-state index < -0.39 is 22.3 Å². The maximum Gasteiger partial charge on any atom is 0.364 e. The van der Waals surface area contributed by atoms with Crippen LogP contribution in [0.4, 0.5) is 28.8 Å². The van der Waals surface area contributed by atoms with Crippen LogP contribution >= 0.6 is 0 Å². The molecule has 0 radical (unpaired) electrons. The second kappa shape index (κ2) is 9.82. The lowest BCUT2D eigenvalue weighted by Crippen LogP contribution is -2.16. The Balaban J connectivity index is 1.54. The minimum atomic E-state index is -0.956. The Hall–Kier alpha value is -4.81. The van der Waals surface area contributed by atoms with E-state index in [1.54, 1.807) is 43.3 Å². The summed E-state index contributed by atoms with van der Waals surface area (Å²) < 4.78 is 27.2. The fourth-order valence-corrected chi connectivity index (χ4v) is 3.62. The lowest BCUT2D eigenvalue weighted by Gasteiger charge is -2.19. The lowest BCUT2D eigenvalue weighted by molar-refractivity contribution is -0.384. The van der Waals surface area contributed by atoms with E-state index in [1.165, 1.54) is 0 Å². The van der Waals surface area contributed by atoms with Crippen molar-refractivity contribution in [2.75, 3.05) is 43.7 Å². The van der Waals surface area contributed by atoms with Gasteiger partial charge in [-0.2, -0.15) is 9.97 Å². The zero-order chi connectivity index (χ0) is 25.1. The summed E-state index contributed by atoms with van der Waals surface area (Å²) in [6.07, 6.45) is 0. The van der Waals surface area contributed by atoms with Gasteiger partial charge in [0, 0.05) is 23.5 Å². The van der Waals surface area contributed by atoms with Gasteiger partial charge < -0.3 is 34.3 Å². The minimum Gasteiger partial charge on any atom is -0.486 e. The summed E-state index contributed by atoms with van der Waals surface area (Å²) in [5.74, 6) is 0.899. The Bertz CT molecular complexity index is 1330. The van der Waals surface area contributed by atoms with Gasteiger partial charge >= 0.3 is 11.7 Å². The van der Waals surface area contributed by atoms with Gasteiger partial charge in [0.05, 0.1) is 11.5 Å². The normalized spacial score (nSPS) is 13.5. The van der Waals surface area contributed by atoms with E-state index >= 15 is 0 Å². The third-order valence-corrected chi connectivity index (χ3v) is 5.14. The number of nitro groups is 1. The molecule has 0 saturated carbocycles. The number of hydrogen-bond acceptors (Lipinski definition) is 12. The molecule has 2 aliphatic rings. The van der Waals surface area contributed by atoms with Gasteiger partial charge in [-0.3, -0.25) is 10.1 Å². The number of fused-ring (bicyclic) bond motifs is 2. The van der Waals surface area contributed by atoms with Crippen molar-refractivity contribution >= 4 is 34.8 Å². The third kappa shape index (κ3) is 4.71. The molecule has 1 aromatic heterocycles. The van der Waals surface area contributed by atoms with Gasteiger partial charge in [-0.05, 0) is 31.2 Å². The molecule has 36 heavy (non-hydrogen) atoms. The van der Waals surface area contributed by atoms with E-state index in [4.69, 9.17) is 23.7 Å². The molecule has 0 unspecified atom stereocenters. The van der Waals surface area contributed by atoms with Crippen molar-refractivity contribution in [3.8, 4) is 23.0 Å². The number of aromatic nitrogens is 2. The molecule has 186 valence electrons. The molecule has 2 aromatic carbocycles. The van der Waals surface area contributed by atoms with Crippen molar-refractivity contribution in [1.29, 1.82) is 0 Å². The largest absolute Gasteiger partial charge is 0.486 e. The summed E-state index contributed by atoms with van der Waals surface area (Å²) in [4.78, 5) is 32.2. The number of rotatable bonds is 7. The van der Waals surface area contributed by atoms with Gasteiger partial charge in [0.2, 0.25) is 17.5 Å². The van der Waals surface area contributed by atoms with E-state index in [0.717, 1.165) is 0 Å². The zero-order valence-corrected chi connectivity index (χ0v) is 19.1. The van der Waals surface area contributed by atoms with Crippen molar-refractivity contribution in [3.63, 3.8) is 0 Å². The van der Waals surface area contributed by atoms with Crippen LogP contribution in [-0.2, 0) is 4.74 Å². The van der Waals surface area contributed by atoms with Crippen LogP contribution in [-0.4, -0.2) is 53.9 Å². The molecule has 0 aliphatic carbocycles. The molecule has 13 heteroatoms. The highest BCUT2D eigenvalue weighted by Gasteiger charge is 2.31. The second-order valence-corrected chi connectivity index (χ2v) is 7.54. The lowest BCUT2D eigenvalue weighted by atomic mass is 10.2. The number of carbonyl (C=O) groups excluding carboxylic acids is 1. The number of nitrogens with zero attached hydrogens (tertiary/aromatic N) is 3. The van der Waals surface area contributed by atoms with Crippen LogP contribution in [0.1, 0.15) is 17.4 Å². The Morgan fingerprint density at radius 2 is 1.47 bits per heavy atom. The maximum atomic E-state index is 12.6. The molecule has 0 amide bonds. The summed E-state index contributed by atoms with van der Waals surface area (Å²) >= 11 is 0. The van der Waals surface area contributed by atoms with Gasteiger partial charge in [0.15, 0.2) is 23.0 Å². The smallest absolute Gasteiger partial charge is 0.364 e. The first-order valence-electron chi connectivity index (χ1n) is 11.1. The number of nitrogens with one attached hydrogen (secondary N) is 2. The molecule has 2 aliphatic heterocycles. The zero-order valence-electron chi connectivity index (χ0n) is 19.1. The Morgan fingerprint density at radius 3 is 2.03 bits per heavy atom. The number of ether oxygens (including phenoxy) is 5.